The van der Waals surface area contributed by atoms with Crippen LogP contribution in [0.5, 0.6) is 5.75 Å². The van der Waals surface area contributed by atoms with Crippen LogP contribution in [0.4, 0.5) is 24.8 Å². The topological polar surface area (TPSA) is 129 Å². The molecule has 37 heavy (non-hydrogen) atoms. The molecule has 0 atom stereocenters. The number of benzene rings is 2. The average molecular weight is 534 g/mol. The van der Waals surface area contributed by atoms with Gasteiger partial charge in [-0.1, -0.05) is 12.1 Å². The third kappa shape index (κ3) is 5.07. The minimum absolute atomic E-state index is 0.0939. The highest BCUT2D eigenvalue weighted by Gasteiger charge is 2.26. The number of aromatic nitrogens is 3. The summed E-state index contributed by atoms with van der Waals surface area (Å²) in [7, 11) is -2.90. The van der Waals surface area contributed by atoms with Gasteiger partial charge in [0, 0.05) is 23.2 Å². The van der Waals surface area contributed by atoms with Crippen LogP contribution in [0, 0.1) is 17.5 Å². The van der Waals surface area contributed by atoms with Gasteiger partial charge in [-0.05, 0) is 43.7 Å². The number of halogens is 3. The normalized spacial score (nSPS) is 11.8. The van der Waals surface area contributed by atoms with E-state index in [-0.39, 0.29) is 22.5 Å². The molecule has 4 aromatic rings. The molecule has 0 aliphatic heterocycles. The highest BCUT2D eigenvalue weighted by Crippen LogP contribution is 2.32. The van der Waals surface area contributed by atoms with Crippen molar-refractivity contribution in [1.29, 1.82) is 0 Å². The third-order valence-corrected chi connectivity index (χ3v) is 6.76. The van der Waals surface area contributed by atoms with Crippen molar-refractivity contribution in [2.24, 2.45) is 0 Å². The first-order valence-electron chi connectivity index (χ1n) is 10.9. The summed E-state index contributed by atoms with van der Waals surface area (Å²) >= 11 is 0. The van der Waals surface area contributed by atoms with E-state index in [0.29, 0.717) is 17.4 Å². The molecule has 2 aromatic heterocycles. The van der Waals surface area contributed by atoms with Crippen LogP contribution in [0.25, 0.3) is 22.2 Å². The molecule has 0 aliphatic rings. The van der Waals surface area contributed by atoms with E-state index in [1.807, 2.05) is 0 Å². The van der Waals surface area contributed by atoms with Gasteiger partial charge in [-0.15, -0.1) is 0 Å². The maximum absolute atomic E-state index is 15.2. The Hall–Kier alpha value is -4.13. The summed E-state index contributed by atoms with van der Waals surface area (Å²) in [5.41, 5.74) is 3.08. The van der Waals surface area contributed by atoms with Crippen LogP contribution in [0.1, 0.15) is 25.5 Å². The first-order chi connectivity index (χ1) is 17.4. The highest BCUT2D eigenvalue weighted by molar-refractivity contribution is 7.91. The standard InChI is InChI=1S/C24H22F3N5O4S/c1-12(2)32-22-14(10-29-24(28)30-22)8-17(23(32)33)16-9-18(25)21(20(27)19(16)26)31-37(34,35)11-13-4-6-15(36-3)7-5-13/h4-10,12,31H,11H2,1-3H3,(H2,28,29,30). The summed E-state index contributed by atoms with van der Waals surface area (Å²) in [5.74, 6) is -5.04. The summed E-state index contributed by atoms with van der Waals surface area (Å²) in [6, 6.07) is 7.26. The first kappa shape index (κ1) is 25.9. The molecule has 0 unspecified atom stereocenters. The maximum Gasteiger partial charge on any atom is 0.260 e. The van der Waals surface area contributed by atoms with Gasteiger partial charge in [-0.25, -0.2) is 26.6 Å². The molecule has 0 saturated heterocycles. The zero-order chi connectivity index (χ0) is 27.1. The van der Waals surface area contributed by atoms with Crippen LogP contribution < -0.4 is 20.8 Å². The molecular weight excluding hydrogens is 511 g/mol. The number of hydrogen-bond acceptors (Lipinski definition) is 7. The van der Waals surface area contributed by atoms with Crippen molar-refractivity contribution >= 4 is 32.7 Å². The predicted octanol–water partition coefficient (Wildman–Crippen LogP) is 3.99. The Kier molecular flexibility index (Phi) is 6.82. The average Bonchev–Trinajstić information content (AvgIpc) is 2.84. The molecule has 13 heteroatoms. The number of nitrogen functional groups attached to an aromatic ring is 1. The van der Waals surface area contributed by atoms with Crippen LogP contribution in [-0.4, -0.2) is 30.1 Å². The van der Waals surface area contributed by atoms with Gasteiger partial charge in [0.15, 0.2) is 17.5 Å². The lowest BCUT2D eigenvalue weighted by atomic mass is 10.0. The second kappa shape index (κ2) is 9.73. The predicted molar refractivity (Wildman–Crippen MR) is 133 cm³/mol. The Morgan fingerprint density at radius 2 is 1.76 bits per heavy atom. The SMILES string of the molecule is COc1ccc(CS(=O)(=O)Nc2c(F)cc(-c3cc4cnc(N)nc4n(C(C)C)c3=O)c(F)c2F)cc1. The van der Waals surface area contributed by atoms with Gasteiger partial charge in [0.2, 0.25) is 16.0 Å². The van der Waals surface area contributed by atoms with Crippen LogP contribution in [0.15, 0.2) is 47.4 Å². The number of pyridine rings is 1. The fourth-order valence-corrected chi connectivity index (χ4v) is 5.02. The van der Waals surface area contributed by atoms with Crippen LogP contribution >= 0.6 is 0 Å². The largest absolute Gasteiger partial charge is 0.497 e. The molecule has 0 fully saturated rings. The Labute approximate surface area is 209 Å². The second-order valence-corrected chi connectivity index (χ2v) is 10.2. The van der Waals surface area contributed by atoms with E-state index >= 15 is 13.2 Å². The molecule has 0 aliphatic carbocycles. The number of methoxy groups -OCH3 is 1. The van der Waals surface area contributed by atoms with Crippen LogP contribution in [0.2, 0.25) is 0 Å². The Balaban J connectivity index is 1.78. The van der Waals surface area contributed by atoms with Crippen molar-refractivity contribution < 1.29 is 26.3 Å². The molecule has 0 saturated carbocycles. The zero-order valence-corrected chi connectivity index (χ0v) is 20.7. The van der Waals surface area contributed by atoms with Crippen LogP contribution in [0.3, 0.4) is 0 Å². The highest BCUT2D eigenvalue weighted by atomic mass is 32.2. The molecule has 2 heterocycles. The molecule has 0 bridgehead atoms. The van der Waals surface area contributed by atoms with E-state index < -0.39 is 56.1 Å². The van der Waals surface area contributed by atoms with Crippen molar-refractivity contribution in [2.45, 2.75) is 25.6 Å². The van der Waals surface area contributed by atoms with Gasteiger partial charge >= 0.3 is 0 Å². The number of fused-ring (bicyclic) bond motifs is 1. The molecule has 9 nitrogen and oxygen atoms in total. The first-order valence-corrected chi connectivity index (χ1v) is 12.6. The number of nitrogens with two attached hydrogens (primary N) is 1. The Morgan fingerprint density at radius 1 is 1.08 bits per heavy atom. The van der Waals surface area contributed by atoms with E-state index in [1.165, 1.54) is 48.2 Å². The number of anilines is 2. The van der Waals surface area contributed by atoms with Gasteiger partial charge in [-0.3, -0.25) is 14.1 Å². The molecule has 194 valence electrons. The fourth-order valence-electron chi connectivity index (χ4n) is 3.82. The molecule has 0 spiro atoms. The molecule has 0 amide bonds. The van der Waals surface area contributed by atoms with Gasteiger partial charge in [0.05, 0.1) is 18.4 Å². The number of ether oxygens (including phenoxy) is 1. The summed E-state index contributed by atoms with van der Waals surface area (Å²) in [6.45, 7) is 3.34. The summed E-state index contributed by atoms with van der Waals surface area (Å²) in [6.07, 6.45) is 1.30. The lowest BCUT2D eigenvalue weighted by Crippen LogP contribution is -2.25. The van der Waals surface area contributed by atoms with Crippen molar-refractivity contribution in [3.63, 3.8) is 0 Å². The van der Waals surface area contributed by atoms with Gasteiger partial charge in [0.1, 0.15) is 17.1 Å². The number of sulfonamides is 1. The minimum Gasteiger partial charge on any atom is -0.497 e. The van der Waals surface area contributed by atoms with Gasteiger partial charge in [-0.2, -0.15) is 4.98 Å². The molecular formula is C24H22F3N5O4S. The smallest absolute Gasteiger partial charge is 0.260 e. The minimum atomic E-state index is -4.34. The van der Waals surface area contributed by atoms with Crippen molar-refractivity contribution in [2.75, 3.05) is 17.6 Å². The third-order valence-electron chi connectivity index (χ3n) is 5.53. The number of nitrogens with zero attached hydrogens (tertiary/aromatic N) is 3. The van der Waals surface area contributed by atoms with Crippen molar-refractivity contribution in [3.8, 4) is 16.9 Å². The van der Waals surface area contributed by atoms with Gasteiger partial charge in [0.25, 0.3) is 5.56 Å². The monoisotopic (exact) mass is 533 g/mol. The molecule has 4 rings (SSSR count). The molecule has 0 radical (unpaired) electrons. The van der Waals surface area contributed by atoms with E-state index in [1.54, 1.807) is 18.6 Å². The number of rotatable bonds is 7. The number of nitrogens with one attached hydrogen (secondary N) is 1. The van der Waals surface area contributed by atoms with E-state index in [4.69, 9.17) is 10.5 Å². The lowest BCUT2D eigenvalue weighted by molar-refractivity contribution is 0.414. The van der Waals surface area contributed by atoms with Crippen molar-refractivity contribution in [3.05, 3.63) is 76.0 Å². The summed E-state index contributed by atoms with van der Waals surface area (Å²) in [4.78, 5) is 21.1. The van der Waals surface area contributed by atoms with Gasteiger partial charge < -0.3 is 10.5 Å². The lowest BCUT2D eigenvalue weighted by Gasteiger charge is -2.17. The van der Waals surface area contributed by atoms with E-state index in [2.05, 4.69) is 9.97 Å². The molecule has 2 aromatic carbocycles. The Bertz CT molecular complexity index is 1670. The molecule has 3 N–H and O–H groups in total. The van der Waals surface area contributed by atoms with E-state index in [9.17, 15) is 13.2 Å². The summed E-state index contributed by atoms with van der Waals surface area (Å²) in [5, 5.41) is 0.280. The van der Waals surface area contributed by atoms with E-state index in [0.717, 1.165) is 0 Å². The zero-order valence-electron chi connectivity index (χ0n) is 19.9. The fraction of sp³-hybridized carbons (Fsp3) is 0.208. The van der Waals surface area contributed by atoms with Crippen LogP contribution in [-0.2, 0) is 15.8 Å². The summed E-state index contributed by atoms with van der Waals surface area (Å²) < 4.78 is 78.3. The van der Waals surface area contributed by atoms with Crippen molar-refractivity contribution in [1.82, 2.24) is 14.5 Å². The second-order valence-electron chi connectivity index (χ2n) is 8.45. The maximum atomic E-state index is 15.2. The quantitative estimate of drug-likeness (QED) is 0.344. The number of hydrogen-bond donors (Lipinski definition) is 2. The Morgan fingerprint density at radius 3 is 2.38 bits per heavy atom.